The van der Waals surface area contributed by atoms with Gasteiger partial charge in [-0.3, -0.25) is 0 Å². The van der Waals surface area contributed by atoms with Crippen LogP contribution in [0.2, 0.25) is 5.02 Å². The quantitative estimate of drug-likeness (QED) is 0.830. The van der Waals surface area contributed by atoms with Crippen LogP contribution in [0.25, 0.3) is 6.08 Å². The Kier molecular flexibility index (Phi) is 3.92. The van der Waals surface area contributed by atoms with Gasteiger partial charge in [0.15, 0.2) is 0 Å². The maximum absolute atomic E-state index is 10.5. The fourth-order valence-electron chi connectivity index (χ4n) is 2.03. The molecule has 0 spiro atoms. The molecule has 4 heteroatoms. The summed E-state index contributed by atoms with van der Waals surface area (Å²) in [4.78, 5) is 12.8. The van der Waals surface area contributed by atoms with Crippen molar-refractivity contribution in [2.75, 3.05) is 11.4 Å². The van der Waals surface area contributed by atoms with E-state index in [1.165, 1.54) is 18.9 Å². The third-order valence-electron chi connectivity index (χ3n) is 3.05. The summed E-state index contributed by atoms with van der Waals surface area (Å²) in [6.45, 7) is 3.09. The summed E-state index contributed by atoms with van der Waals surface area (Å²) in [5, 5.41) is 9.18. The molecule has 0 amide bonds. The molecule has 1 aromatic rings. The lowest BCUT2D eigenvalue weighted by atomic mass is 10.1. The summed E-state index contributed by atoms with van der Waals surface area (Å²) in [5.74, 6) is -0.969. The molecular formula is C14H16ClNO2. The lowest BCUT2D eigenvalue weighted by Gasteiger charge is -2.23. The molecule has 3 nitrogen and oxygen atoms in total. The van der Waals surface area contributed by atoms with Crippen LogP contribution in [0.5, 0.6) is 0 Å². The van der Waals surface area contributed by atoms with E-state index in [1.54, 1.807) is 0 Å². The SMILES string of the molecule is CCN(c1ccc(/C=C/C(=O)O)c(Cl)c1)C1CC1. The molecule has 1 aromatic carbocycles. The normalized spacial score (nSPS) is 15.0. The minimum atomic E-state index is -0.969. The van der Waals surface area contributed by atoms with Crippen LogP contribution in [0.3, 0.4) is 0 Å². The number of anilines is 1. The number of benzene rings is 1. The monoisotopic (exact) mass is 265 g/mol. The summed E-state index contributed by atoms with van der Waals surface area (Å²) in [7, 11) is 0. The predicted molar refractivity (Wildman–Crippen MR) is 74.2 cm³/mol. The van der Waals surface area contributed by atoms with Crippen molar-refractivity contribution >= 4 is 29.3 Å². The maximum atomic E-state index is 10.5. The molecule has 1 aliphatic carbocycles. The van der Waals surface area contributed by atoms with Crippen molar-refractivity contribution < 1.29 is 9.90 Å². The Morgan fingerprint density at radius 1 is 1.56 bits per heavy atom. The minimum Gasteiger partial charge on any atom is -0.478 e. The summed E-state index contributed by atoms with van der Waals surface area (Å²) >= 11 is 6.17. The van der Waals surface area contributed by atoms with E-state index in [1.807, 2.05) is 18.2 Å². The molecule has 1 N–H and O–H groups in total. The second kappa shape index (κ2) is 5.44. The number of carboxylic acid groups (broad SMARTS) is 1. The average molecular weight is 266 g/mol. The Morgan fingerprint density at radius 2 is 2.28 bits per heavy atom. The van der Waals surface area contributed by atoms with Crippen molar-refractivity contribution in [2.24, 2.45) is 0 Å². The van der Waals surface area contributed by atoms with E-state index in [2.05, 4.69) is 11.8 Å². The minimum absolute atomic E-state index is 0.587. The fraction of sp³-hybridized carbons (Fsp3) is 0.357. The Balaban J connectivity index is 2.20. The second-order valence-electron chi connectivity index (χ2n) is 4.39. The molecular weight excluding hydrogens is 250 g/mol. The number of carboxylic acids is 1. The third kappa shape index (κ3) is 3.05. The molecule has 0 radical (unpaired) electrons. The van der Waals surface area contributed by atoms with Gasteiger partial charge in [-0.2, -0.15) is 0 Å². The van der Waals surface area contributed by atoms with Crippen LogP contribution in [0.15, 0.2) is 24.3 Å². The van der Waals surface area contributed by atoms with E-state index in [9.17, 15) is 4.79 Å². The molecule has 1 fully saturated rings. The standard InChI is InChI=1S/C14H16ClNO2/c1-2-16(11-6-7-11)12-5-3-10(13(15)9-12)4-8-14(17)18/h3-5,8-9,11H,2,6-7H2,1H3,(H,17,18)/b8-4+. The summed E-state index contributed by atoms with van der Waals surface area (Å²) in [6, 6.07) is 6.41. The predicted octanol–water partition coefficient (Wildman–Crippen LogP) is 3.43. The molecule has 96 valence electrons. The summed E-state index contributed by atoms with van der Waals surface area (Å²) in [5.41, 5.74) is 1.84. The highest BCUT2D eigenvalue weighted by molar-refractivity contribution is 6.32. The van der Waals surface area contributed by atoms with Gasteiger partial charge in [0, 0.05) is 29.4 Å². The maximum Gasteiger partial charge on any atom is 0.328 e. The van der Waals surface area contributed by atoms with Crippen LogP contribution in [0.1, 0.15) is 25.3 Å². The lowest BCUT2D eigenvalue weighted by molar-refractivity contribution is -0.131. The van der Waals surface area contributed by atoms with Crippen molar-refractivity contribution in [2.45, 2.75) is 25.8 Å². The van der Waals surface area contributed by atoms with E-state index in [0.717, 1.165) is 23.9 Å². The fourth-order valence-corrected chi connectivity index (χ4v) is 2.27. The molecule has 18 heavy (non-hydrogen) atoms. The summed E-state index contributed by atoms with van der Waals surface area (Å²) in [6.07, 6.45) is 5.10. The third-order valence-corrected chi connectivity index (χ3v) is 3.38. The van der Waals surface area contributed by atoms with Crippen LogP contribution < -0.4 is 4.90 Å². The Bertz CT molecular complexity index is 481. The van der Waals surface area contributed by atoms with E-state index in [0.29, 0.717) is 11.1 Å². The van der Waals surface area contributed by atoms with E-state index >= 15 is 0 Å². The smallest absolute Gasteiger partial charge is 0.328 e. The van der Waals surface area contributed by atoms with E-state index < -0.39 is 5.97 Å². The van der Waals surface area contributed by atoms with Crippen molar-refractivity contribution in [1.29, 1.82) is 0 Å². The number of aliphatic carboxylic acids is 1. The highest BCUT2D eigenvalue weighted by Crippen LogP contribution is 2.33. The van der Waals surface area contributed by atoms with Crippen molar-refractivity contribution in [1.82, 2.24) is 0 Å². The molecule has 0 unspecified atom stereocenters. The van der Waals surface area contributed by atoms with Gasteiger partial charge in [0.2, 0.25) is 0 Å². The van der Waals surface area contributed by atoms with Gasteiger partial charge < -0.3 is 10.0 Å². The highest BCUT2D eigenvalue weighted by Gasteiger charge is 2.28. The molecule has 0 atom stereocenters. The number of halogens is 1. The first kappa shape index (κ1) is 13.0. The molecule has 1 aliphatic rings. The van der Waals surface area contributed by atoms with Gasteiger partial charge in [-0.05, 0) is 43.5 Å². The zero-order valence-electron chi connectivity index (χ0n) is 10.3. The topological polar surface area (TPSA) is 40.5 Å². The molecule has 0 bridgehead atoms. The second-order valence-corrected chi connectivity index (χ2v) is 4.80. The highest BCUT2D eigenvalue weighted by atomic mass is 35.5. The lowest BCUT2D eigenvalue weighted by Crippen LogP contribution is -2.24. The van der Waals surface area contributed by atoms with Gasteiger partial charge >= 0.3 is 5.97 Å². The number of hydrogen-bond acceptors (Lipinski definition) is 2. The van der Waals surface area contributed by atoms with Gasteiger partial charge in [0.1, 0.15) is 0 Å². The van der Waals surface area contributed by atoms with Crippen molar-refractivity contribution in [3.8, 4) is 0 Å². The first-order valence-electron chi connectivity index (χ1n) is 6.09. The van der Waals surface area contributed by atoms with Gasteiger partial charge in [-0.1, -0.05) is 17.7 Å². The first-order chi connectivity index (χ1) is 8.61. The van der Waals surface area contributed by atoms with Crippen molar-refractivity contribution in [3.63, 3.8) is 0 Å². The van der Waals surface area contributed by atoms with Crippen LogP contribution in [-0.4, -0.2) is 23.7 Å². The van der Waals surface area contributed by atoms with Crippen LogP contribution in [-0.2, 0) is 4.79 Å². The first-order valence-corrected chi connectivity index (χ1v) is 6.47. The Hall–Kier alpha value is -1.48. The van der Waals surface area contributed by atoms with Crippen LogP contribution in [0, 0.1) is 0 Å². The van der Waals surface area contributed by atoms with Gasteiger partial charge in [-0.25, -0.2) is 4.79 Å². The molecule has 1 saturated carbocycles. The number of hydrogen-bond donors (Lipinski definition) is 1. The van der Waals surface area contributed by atoms with Gasteiger partial charge in [0.25, 0.3) is 0 Å². The number of nitrogens with zero attached hydrogens (tertiary/aromatic N) is 1. The van der Waals surface area contributed by atoms with Crippen molar-refractivity contribution in [3.05, 3.63) is 34.9 Å². The Morgan fingerprint density at radius 3 is 2.78 bits per heavy atom. The van der Waals surface area contributed by atoms with Gasteiger partial charge in [-0.15, -0.1) is 0 Å². The molecule has 2 rings (SSSR count). The average Bonchev–Trinajstić information content (AvgIpc) is 3.13. The molecule has 0 heterocycles. The van der Waals surface area contributed by atoms with Gasteiger partial charge in [0.05, 0.1) is 0 Å². The van der Waals surface area contributed by atoms with E-state index in [4.69, 9.17) is 16.7 Å². The largest absolute Gasteiger partial charge is 0.478 e. The zero-order chi connectivity index (χ0) is 13.1. The van der Waals surface area contributed by atoms with Crippen LogP contribution >= 0.6 is 11.6 Å². The van der Waals surface area contributed by atoms with E-state index in [-0.39, 0.29) is 0 Å². The molecule has 0 saturated heterocycles. The number of rotatable bonds is 5. The number of carbonyl (C=O) groups is 1. The zero-order valence-corrected chi connectivity index (χ0v) is 11.0. The molecule has 0 aromatic heterocycles. The Labute approximate surface area is 112 Å². The molecule has 0 aliphatic heterocycles. The van der Waals surface area contributed by atoms with Crippen LogP contribution in [0.4, 0.5) is 5.69 Å². The summed E-state index contributed by atoms with van der Waals surface area (Å²) < 4.78 is 0.